The predicted octanol–water partition coefficient (Wildman–Crippen LogP) is 1.74. The summed E-state index contributed by atoms with van der Waals surface area (Å²) in [6, 6.07) is 2.48. The molecule has 25 heavy (non-hydrogen) atoms. The molecular formula is C15H21F3N4O3. The Morgan fingerprint density at radius 1 is 1.28 bits per heavy atom. The van der Waals surface area contributed by atoms with E-state index in [9.17, 15) is 22.8 Å². The van der Waals surface area contributed by atoms with Crippen LogP contribution in [0.25, 0.3) is 0 Å². The standard InChI is InChI=1S/C15H21F3N4O3/c1-10(2)22-12(23)5-7-20-14(24)21-8-11-4-3-6-19-13(11)25-9-15(16,17)18/h3-4,6,10H,5,7-9H2,1-2H3,(H,22,23)(H2,20,21,24). The highest BCUT2D eigenvalue weighted by atomic mass is 19.4. The number of hydrogen-bond acceptors (Lipinski definition) is 4. The van der Waals surface area contributed by atoms with E-state index in [1.807, 2.05) is 13.8 Å². The molecule has 0 radical (unpaired) electrons. The van der Waals surface area contributed by atoms with Crippen LogP contribution in [-0.2, 0) is 11.3 Å². The van der Waals surface area contributed by atoms with Gasteiger partial charge >= 0.3 is 12.2 Å². The van der Waals surface area contributed by atoms with Crippen molar-refractivity contribution in [3.63, 3.8) is 0 Å². The van der Waals surface area contributed by atoms with E-state index in [0.717, 1.165) is 0 Å². The van der Waals surface area contributed by atoms with Gasteiger partial charge in [-0.3, -0.25) is 4.79 Å². The number of carbonyl (C=O) groups excluding carboxylic acids is 2. The number of halogens is 3. The van der Waals surface area contributed by atoms with Crippen LogP contribution in [0.15, 0.2) is 18.3 Å². The molecule has 0 saturated heterocycles. The molecule has 0 aromatic carbocycles. The smallest absolute Gasteiger partial charge is 0.422 e. The Labute approximate surface area is 143 Å². The summed E-state index contributed by atoms with van der Waals surface area (Å²) in [6.07, 6.45) is -3.06. The third-order valence-corrected chi connectivity index (χ3v) is 2.75. The molecule has 10 heteroatoms. The summed E-state index contributed by atoms with van der Waals surface area (Å²) < 4.78 is 41.2. The Hall–Kier alpha value is -2.52. The second kappa shape index (κ2) is 9.70. The van der Waals surface area contributed by atoms with Gasteiger partial charge in [-0.05, 0) is 19.9 Å². The lowest BCUT2D eigenvalue weighted by Crippen LogP contribution is -2.38. The Morgan fingerprint density at radius 2 is 2.00 bits per heavy atom. The van der Waals surface area contributed by atoms with Crippen LogP contribution in [0.2, 0.25) is 0 Å². The first-order valence-corrected chi connectivity index (χ1v) is 7.62. The van der Waals surface area contributed by atoms with Gasteiger partial charge in [-0.15, -0.1) is 0 Å². The van der Waals surface area contributed by atoms with Gasteiger partial charge in [0.25, 0.3) is 0 Å². The van der Waals surface area contributed by atoms with Crippen LogP contribution in [-0.4, -0.2) is 42.3 Å². The second-order valence-corrected chi connectivity index (χ2v) is 5.45. The third-order valence-electron chi connectivity index (χ3n) is 2.75. The van der Waals surface area contributed by atoms with E-state index in [4.69, 9.17) is 0 Å². The van der Waals surface area contributed by atoms with Gasteiger partial charge in [0.2, 0.25) is 11.8 Å². The van der Waals surface area contributed by atoms with E-state index in [1.54, 1.807) is 0 Å². The van der Waals surface area contributed by atoms with Crippen LogP contribution < -0.4 is 20.7 Å². The number of nitrogens with one attached hydrogen (secondary N) is 3. The minimum atomic E-state index is -4.48. The van der Waals surface area contributed by atoms with Crippen LogP contribution in [0.1, 0.15) is 25.8 Å². The number of ether oxygens (including phenoxy) is 1. The lowest BCUT2D eigenvalue weighted by molar-refractivity contribution is -0.154. The zero-order chi connectivity index (χ0) is 18.9. The number of alkyl halides is 3. The van der Waals surface area contributed by atoms with Gasteiger partial charge in [0, 0.05) is 37.3 Å². The van der Waals surface area contributed by atoms with E-state index in [2.05, 4.69) is 25.7 Å². The van der Waals surface area contributed by atoms with Gasteiger partial charge in [0.1, 0.15) is 0 Å². The molecule has 0 spiro atoms. The molecular weight excluding hydrogens is 341 g/mol. The lowest BCUT2D eigenvalue weighted by Gasteiger charge is -2.13. The minimum Gasteiger partial charge on any atom is -0.468 e. The van der Waals surface area contributed by atoms with Crippen molar-refractivity contribution in [1.82, 2.24) is 20.9 Å². The van der Waals surface area contributed by atoms with Crippen LogP contribution in [0, 0.1) is 0 Å². The Bertz CT molecular complexity index is 579. The Kier molecular flexibility index (Phi) is 7.96. The topological polar surface area (TPSA) is 92.4 Å². The van der Waals surface area contributed by atoms with Crippen molar-refractivity contribution in [3.05, 3.63) is 23.9 Å². The normalized spacial score (nSPS) is 11.1. The van der Waals surface area contributed by atoms with E-state index in [0.29, 0.717) is 5.56 Å². The van der Waals surface area contributed by atoms with E-state index in [-0.39, 0.29) is 37.3 Å². The number of carbonyl (C=O) groups is 2. The van der Waals surface area contributed by atoms with E-state index >= 15 is 0 Å². The number of urea groups is 1. The molecule has 0 aliphatic heterocycles. The van der Waals surface area contributed by atoms with Crippen LogP contribution >= 0.6 is 0 Å². The summed E-state index contributed by atoms with van der Waals surface area (Å²) in [6.45, 7) is 2.25. The van der Waals surface area contributed by atoms with Gasteiger partial charge in [0.05, 0.1) is 0 Å². The Morgan fingerprint density at radius 3 is 2.64 bits per heavy atom. The highest BCUT2D eigenvalue weighted by Crippen LogP contribution is 2.19. The molecule has 1 aromatic heterocycles. The molecule has 1 aromatic rings. The van der Waals surface area contributed by atoms with E-state index < -0.39 is 18.8 Å². The number of rotatable bonds is 8. The average molecular weight is 362 g/mol. The largest absolute Gasteiger partial charge is 0.468 e. The van der Waals surface area contributed by atoms with Crippen LogP contribution in [0.4, 0.5) is 18.0 Å². The van der Waals surface area contributed by atoms with Gasteiger partial charge in [-0.2, -0.15) is 13.2 Å². The van der Waals surface area contributed by atoms with Crippen molar-refractivity contribution in [2.24, 2.45) is 0 Å². The maximum atomic E-state index is 12.2. The summed E-state index contributed by atoms with van der Waals surface area (Å²) >= 11 is 0. The summed E-state index contributed by atoms with van der Waals surface area (Å²) in [4.78, 5) is 26.8. The molecule has 0 aliphatic rings. The van der Waals surface area contributed by atoms with Gasteiger partial charge < -0.3 is 20.7 Å². The molecule has 7 nitrogen and oxygen atoms in total. The highest BCUT2D eigenvalue weighted by molar-refractivity contribution is 5.78. The lowest BCUT2D eigenvalue weighted by atomic mass is 10.2. The Balaban J connectivity index is 2.39. The fraction of sp³-hybridized carbons (Fsp3) is 0.533. The van der Waals surface area contributed by atoms with Crippen molar-refractivity contribution >= 4 is 11.9 Å². The quantitative estimate of drug-likeness (QED) is 0.657. The monoisotopic (exact) mass is 362 g/mol. The van der Waals surface area contributed by atoms with Crippen molar-refractivity contribution in [1.29, 1.82) is 0 Å². The first-order valence-electron chi connectivity index (χ1n) is 7.62. The van der Waals surface area contributed by atoms with E-state index in [1.165, 1.54) is 18.3 Å². The summed E-state index contributed by atoms with van der Waals surface area (Å²) in [5.74, 6) is -0.387. The number of pyridine rings is 1. The second-order valence-electron chi connectivity index (χ2n) is 5.45. The average Bonchev–Trinajstić information content (AvgIpc) is 2.50. The molecule has 0 unspecified atom stereocenters. The van der Waals surface area contributed by atoms with Crippen molar-refractivity contribution < 1.29 is 27.5 Å². The van der Waals surface area contributed by atoms with Gasteiger partial charge in [-0.1, -0.05) is 6.07 Å². The summed E-state index contributed by atoms with van der Waals surface area (Å²) in [7, 11) is 0. The number of hydrogen-bond donors (Lipinski definition) is 3. The molecule has 3 amide bonds. The number of nitrogens with zero attached hydrogens (tertiary/aromatic N) is 1. The molecule has 140 valence electrons. The molecule has 1 heterocycles. The maximum absolute atomic E-state index is 12.2. The molecule has 0 saturated carbocycles. The fourth-order valence-corrected chi connectivity index (χ4v) is 1.76. The van der Waals surface area contributed by atoms with Crippen molar-refractivity contribution in [2.45, 2.75) is 39.0 Å². The maximum Gasteiger partial charge on any atom is 0.422 e. The first kappa shape index (κ1) is 20.5. The van der Waals surface area contributed by atoms with Crippen molar-refractivity contribution in [3.8, 4) is 5.88 Å². The minimum absolute atomic E-state index is 0.0158. The van der Waals surface area contributed by atoms with Gasteiger partial charge in [0.15, 0.2) is 6.61 Å². The van der Waals surface area contributed by atoms with Gasteiger partial charge in [-0.25, -0.2) is 9.78 Å². The molecule has 3 N–H and O–H groups in total. The zero-order valence-electron chi connectivity index (χ0n) is 13.9. The fourth-order valence-electron chi connectivity index (χ4n) is 1.76. The predicted molar refractivity (Wildman–Crippen MR) is 83.9 cm³/mol. The summed E-state index contributed by atoms with van der Waals surface area (Å²) in [5, 5.41) is 7.63. The first-order chi connectivity index (χ1) is 11.7. The van der Waals surface area contributed by atoms with Crippen molar-refractivity contribution in [2.75, 3.05) is 13.2 Å². The molecule has 0 fully saturated rings. The number of aromatic nitrogens is 1. The summed E-state index contributed by atoms with van der Waals surface area (Å²) in [5.41, 5.74) is 0.305. The molecule has 0 aliphatic carbocycles. The van der Waals surface area contributed by atoms with Crippen LogP contribution in [0.5, 0.6) is 5.88 Å². The molecule has 0 atom stereocenters. The van der Waals surface area contributed by atoms with Crippen LogP contribution in [0.3, 0.4) is 0 Å². The SMILES string of the molecule is CC(C)NC(=O)CCNC(=O)NCc1cccnc1OCC(F)(F)F. The molecule has 0 bridgehead atoms. The third kappa shape index (κ3) is 9.38. The zero-order valence-corrected chi connectivity index (χ0v) is 13.9. The molecule has 1 rings (SSSR count). The highest BCUT2D eigenvalue weighted by Gasteiger charge is 2.29. The number of amides is 3.